The lowest BCUT2D eigenvalue weighted by molar-refractivity contribution is 0.587. The van der Waals surface area contributed by atoms with E-state index in [1.807, 2.05) is 24.3 Å². The average molecular weight is 523 g/mol. The number of rotatable bonds is 6. The number of H-pyrrole nitrogens is 2. The normalized spacial score (nSPS) is 19.5. The van der Waals surface area contributed by atoms with E-state index in [0.717, 1.165) is 43.0 Å². The van der Waals surface area contributed by atoms with Crippen molar-refractivity contribution in [1.82, 2.24) is 15.0 Å². The van der Waals surface area contributed by atoms with Crippen LogP contribution in [0.4, 0.5) is 10.2 Å². The van der Waals surface area contributed by atoms with Crippen LogP contribution in [0.25, 0.3) is 5.57 Å². The molecule has 194 valence electrons. The fourth-order valence-corrected chi connectivity index (χ4v) is 6.00. The van der Waals surface area contributed by atoms with Gasteiger partial charge in [-0.25, -0.2) is 14.2 Å². The van der Waals surface area contributed by atoms with Gasteiger partial charge in [0.05, 0.1) is 0 Å². The first-order valence-electron chi connectivity index (χ1n) is 12.6. The quantitative estimate of drug-likeness (QED) is 0.480. The van der Waals surface area contributed by atoms with Gasteiger partial charge in [-0.05, 0) is 77.3 Å². The third-order valence-corrected chi connectivity index (χ3v) is 8.51. The van der Waals surface area contributed by atoms with Crippen molar-refractivity contribution in [3.05, 3.63) is 91.6 Å². The molecule has 2 unspecified atom stereocenters. The SMILES string of the molecule is C=S(C)(=O)c1ccc(C2=CCC(c3[nH]c(=O)[nH]c(=O)c3Cc3cccc(N4CCCC4)n3)CC2)c(F)c1. The molecule has 2 aliphatic rings. The van der Waals surface area contributed by atoms with Crippen LogP contribution in [-0.2, 0) is 15.9 Å². The van der Waals surface area contributed by atoms with Gasteiger partial charge in [0.1, 0.15) is 11.6 Å². The summed E-state index contributed by atoms with van der Waals surface area (Å²) >= 11 is 0. The molecule has 0 saturated carbocycles. The van der Waals surface area contributed by atoms with Crippen LogP contribution in [0, 0.1) is 5.82 Å². The minimum atomic E-state index is -2.50. The van der Waals surface area contributed by atoms with E-state index in [-0.39, 0.29) is 5.92 Å². The molecule has 0 amide bonds. The lowest BCUT2D eigenvalue weighted by Gasteiger charge is -2.24. The van der Waals surface area contributed by atoms with Crippen LogP contribution < -0.4 is 16.1 Å². The summed E-state index contributed by atoms with van der Waals surface area (Å²) in [5.41, 5.74) is 2.31. The Hall–Kier alpha value is -3.46. The molecule has 1 aliphatic carbocycles. The number of allylic oxidation sites excluding steroid dienone is 2. The number of benzene rings is 1. The van der Waals surface area contributed by atoms with Gasteiger partial charge in [0.15, 0.2) is 0 Å². The first kappa shape index (κ1) is 25.2. The van der Waals surface area contributed by atoms with Crippen molar-refractivity contribution >= 4 is 26.8 Å². The lowest BCUT2D eigenvalue weighted by Crippen LogP contribution is -2.30. The molecular formula is C28H31FN4O3S. The molecule has 1 fully saturated rings. The second-order valence-electron chi connectivity index (χ2n) is 10.0. The standard InChI is InChI=1S/C28H31FN4O3S/c1-37(2,36)21-12-13-22(24(29)17-21)18-8-10-19(11-9-18)26-23(27(34)32-28(35)31-26)16-20-6-5-7-25(30-20)33-14-3-4-15-33/h5-8,12-13,17,19H,1,3-4,9-11,14-16H2,2H3,(H2,31,32,34,35). The van der Waals surface area contributed by atoms with Crippen LogP contribution in [0.1, 0.15) is 60.5 Å². The summed E-state index contributed by atoms with van der Waals surface area (Å²) in [5.74, 6) is 4.04. The maximum Gasteiger partial charge on any atom is 0.325 e. The zero-order valence-electron chi connectivity index (χ0n) is 20.9. The lowest BCUT2D eigenvalue weighted by atomic mass is 9.83. The van der Waals surface area contributed by atoms with E-state index in [0.29, 0.717) is 47.4 Å². The Morgan fingerprint density at radius 1 is 1.16 bits per heavy atom. The predicted octanol–water partition coefficient (Wildman–Crippen LogP) is 3.84. The molecule has 2 N–H and O–H groups in total. The summed E-state index contributed by atoms with van der Waals surface area (Å²) in [5, 5.41) is 0. The molecule has 0 radical (unpaired) electrons. The number of halogens is 1. The molecular weight excluding hydrogens is 491 g/mol. The first-order valence-corrected chi connectivity index (χ1v) is 14.7. The van der Waals surface area contributed by atoms with Crippen LogP contribution in [-0.4, -0.2) is 44.4 Å². The predicted molar refractivity (Wildman–Crippen MR) is 147 cm³/mol. The van der Waals surface area contributed by atoms with Gasteiger partial charge in [-0.3, -0.25) is 14.0 Å². The van der Waals surface area contributed by atoms with Gasteiger partial charge in [0.25, 0.3) is 5.56 Å². The Kier molecular flexibility index (Phi) is 6.90. The number of hydrogen-bond acceptors (Lipinski definition) is 5. The van der Waals surface area contributed by atoms with Gasteiger partial charge < -0.3 is 9.88 Å². The van der Waals surface area contributed by atoms with Crippen molar-refractivity contribution in [3.8, 4) is 0 Å². The number of nitrogens with zero attached hydrogens (tertiary/aromatic N) is 2. The van der Waals surface area contributed by atoms with Crippen LogP contribution in [0.5, 0.6) is 0 Å². The topological polar surface area (TPSA) is 98.9 Å². The monoisotopic (exact) mass is 522 g/mol. The van der Waals surface area contributed by atoms with Crippen LogP contribution in [0.15, 0.2) is 57.0 Å². The van der Waals surface area contributed by atoms with Crippen molar-refractivity contribution in [3.63, 3.8) is 0 Å². The summed E-state index contributed by atoms with van der Waals surface area (Å²) in [6.07, 6.45) is 7.87. The largest absolute Gasteiger partial charge is 0.357 e. The highest BCUT2D eigenvalue weighted by atomic mass is 32.2. The zero-order valence-corrected chi connectivity index (χ0v) is 21.7. The molecule has 1 aliphatic heterocycles. The minimum absolute atomic E-state index is 0.0768. The van der Waals surface area contributed by atoms with Gasteiger partial charge in [0, 0.05) is 59.1 Å². The van der Waals surface area contributed by atoms with Crippen LogP contribution in [0.3, 0.4) is 0 Å². The van der Waals surface area contributed by atoms with Crippen molar-refractivity contribution in [2.45, 2.75) is 49.3 Å². The number of hydrogen-bond donors (Lipinski definition) is 2. The fraction of sp³-hybridized carbons (Fsp3) is 0.357. The summed E-state index contributed by atoms with van der Waals surface area (Å²) in [7, 11) is -2.50. The van der Waals surface area contributed by atoms with E-state index >= 15 is 0 Å². The molecule has 5 rings (SSSR count). The van der Waals surface area contributed by atoms with E-state index < -0.39 is 26.6 Å². The first-order chi connectivity index (χ1) is 17.7. The third-order valence-electron chi connectivity index (χ3n) is 7.26. The average Bonchev–Trinajstić information content (AvgIpc) is 3.41. The molecule has 2 atom stereocenters. The molecule has 7 nitrogen and oxygen atoms in total. The van der Waals surface area contributed by atoms with E-state index in [1.54, 1.807) is 12.1 Å². The van der Waals surface area contributed by atoms with E-state index in [1.165, 1.54) is 12.3 Å². The summed E-state index contributed by atoms with van der Waals surface area (Å²) in [6.45, 7) is 1.96. The molecule has 0 bridgehead atoms. The highest BCUT2D eigenvalue weighted by Crippen LogP contribution is 2.37. The van der Waals surface area contributed by atoms with Crippen LogP contribution >= 0.6 is 0 Å². The Labute approximate surface area is 215 Å². The Morgan fingerprint density at radius 2 is 1.95 bits per heavy atom. The van der Waals surface area contributed by atoms with Crippen molar-refractivity contribution in [2.24, 2.45) is 0 Å². The van der Waals surface area contributed by atoms with Crippen molar-refractivity contribution < 1.29 is 8.60 Å². The summed E-state index contributed by atoms with van der Waals surface area (Å²) < 4.78 is 27.0. The number of aromatic amines is 2. The van der Waals surface area contributed by atoms with E-state index in [9.17, 15) is 18.2 Å². The maximum atomic E-state index is 14.8. The zero-order chi connectivity index (χ0) is 26.2. The maximum absolute atomic E-state index is 14.8. The van der Waals surface area contributed by atoms with Gasteiger partial charge in [-0.15, -0.1) is 0 Å². The van der Waals surface area contributed by atoms with Gasteiger partial charge in [-0.1, -0.05) is 18.2 Å². The highest BCUT2D eigenvalue weighted by Gasteiger charge is 2.24. The smallest absolute Gasteiger partial charge is 0.325 e. The summed E-state index contributed by atoms with van der Waals surface area (Å²) in [6, 6.07) is 10.5. The number of aromatic nitrogens is 3. The second-order valence-corrected chi connectivity index (χ2v) is 12.5. The van der Waals surface area contributed by atoms with Crippen LogP contribution in [0.2, 0.25) is 0 Å². The highest BCUT2D eigenvalue weighted by molar-refractivity contribution is 7.99. The molecule has 0 spiro atoms. The Bertz CT molecular complexity index is 1580. The molecule has 3 heterocycles. The summed E-state index contributed by atoms with van der Waals surface area (Å²) in [4.78, 5) is 37.8. The van der Waals surface area contributed by atoms with Crippen molar-refractivity contribution in [1.29, 1.82) is 0 Å². The van der Waals surface area contributed by atoms with Gasteiger partial charge in [0.2, 0.25) is 0 Å². The molecule has 2 aromatic heterocycles. The van der Waals surface area contributed by atoms with E-state index in [2.05, 4.69) is 20.7 Å². The van der Waals surface area contributed by atoms with E-state index in [4.69, 9.17) is 4.98 Å². The molecule has 3 aromatic rings. The van der Waals surface area contributed by atoms with Gasteiger partial charge >= 0.3 is 5.69 Å². The Morgan fingerprint density at radius 3 is 2.62 bits per heavy atom. The minimum Gasteiger partial charge on any atom is -0.357 e. The fourth-order valence-electron chi connectivity index (χ4n) is 5.29. The number of anilines is 1. The second kappa shape index (κ2) is 10.1. The molecule has 1 saturated heterocycles. The number of nitrogens with one attached hydrogen (secondary N) is 2. The van der Waals surface area contributed by atoms with Gasteiger partial charge in [-0.2, -0.15) is 0 Å². The molecule has 37 heavy (non-hydrogen) atoms. The third kappa shape index (κ3) is 5.46. The molecule has 9 heteroatoms. The van der Waals surface area contributed by atoms with Crippen molar-refractivity contribution in [2.75, 3.05) is 24.2 Å². The Balaban J connectivity index is 1.41. The molecule has 1 aromatic carbocycles. The number of pyridine rings is 1.